The zero-order valence-electron chi connectivity index (χ0n) is 14.2. The lowest BCUT2D eigenvalue weighted by Crippen LogP contribution is -2.05. The summed E-state index contributed by atoms with van der Waals surface area (Å²) in [5, 5.41) is 10.9. The summed E-state index contributed by atoms with van der Waals surface area (Å²) in [7, 11) is 0. The van der Waals surface area contributed by atoms with Crippen molar-refractivity contribution >= 4 is 51.1 Å². The minimum atomic E-state index is -4.56. The molecule has 0 aromatic heterocycles. The molecule has 0 saturated carbocycles. The second-order valence-electron chi connectivity index (χ2n) is 5.56. The van der Waals surface area contributed by atoms with Crippen molar-refractivity contribution in [3.63, 3.8) is 0 Å². The third kappa shape index (κ3) is 5.22. The SMILES string of the molecule is O=C(N=C1SCCS1)c1cc(Oc2ccc(C(F)(F)F)cc2Cl)ccc1[N+](=O)[O-]. The number of alkyl halides is 3. The van der Waals surface area contributed by atoms with Gasteiger partial charge in [0.1, 0.15) is 21.4 Å². The average molecular weight is 463 g/mol. The van der Waals surface area contributed by atoms with Gasteiger partial charge in [0.15, 0.2) is 0 Å². The lowest BCUT2D eigenvalue weighted by molar-refractivity contribution is -0.385. The van der Waals surface area contributed by atoms with Gasteiger partial charge in [-0.15, -0.1) is 0 Å². The Kier molecular flexibility index (Phi) is 6.39. The Bertz CT molecular complexity index is 1010. The van der Waals surface area contributed by atoms with Crippen molar-refractivity contribution in [2.24, 2.45) is 4.99 Å². The van der Waals surface area contributed by atoms with Crippen LogP contribution in [0, 0.1) is 10.1 Å². The highest BCUT2D eigenvalue weighted by molar-refractivity contribution is 8.41. The summed E-state index contributed by atoms with van der Waals surface area (Å²) >= 11 is 8.60. The number of nitro groups is 1. The molecular formula is C17H10ClF3N2O4S2. The van der Waals surface area contributed by atoms with Crippen LogP contribution in [-0.4, -0.2) is 26.7 Å². The molecule has 1 fully saturated rings. The van der Waals surface area contributed by atoms with Crippen LogP contribution in [0.5, 0.6) is 11.5 Å². The summed E-state index contributed by atoms with van der Waals surface area (Å²) in [4.78, 5) is 26.8. The van der Waals surface area contributed by atoms with E-state index in [1.807, 2.05) is 0 Å². The Morgan fingerprint density at radius 2 is 1.86 bits per heavy atom. The van der Waals surface area contributed by atoms with E-state index in [1.165, 1.54) is 29.6 Å². The fourth-order valence-corrected chi connectivity index (χ4v) is 4.67. The number of hydrogen-bond donors (Lipinski definition) is 0. The zero-order chi connectivity index (χ0) is 21.2. The van der Waals surface area contributed by atoms with Crippen molar-refractivity contribution in [3.05, 3.63) is 62.7 Å². The molecule has 3 rings (SSSR count). The van der Waals surface area contributed by atoms with Crippen LogP contribution in [-0.2, 0) is 6.18 Å². The van der Waals surface area contributed by atoms with Crippen LogP contribution in [0.3, 0.4) is 0 Å². The van der Waals surface area contributed by atoms with Gasteiger partial charge in [-0.2, -0.15) is 18.2 Å². The Morgan fingerprint density at radius 1 is 1.17 bits per heavy atom. The molecular weight excluding hydrogens is 453 g/mol. The van der Waals surface area contributed by atoms with Gasteiger partial charge in [-0.1, -0.05) is 35.1 Å². The molecule has 152 valence electrons. The van der Waals surface area contributed by atoms with E-state index in [0.717, 1.165) is 35.8 Å². The Labute approximate surface area is 175 Å². The van der Waals surface area contributed by atoms with Crippen molar-refractivity contribution in [2.75, 3.05) is 11.5 Å². The molecule has 0 spiro atoms. The van der Waals surface area contributed by atoms with Crippen LogP contribution in [0.25, 0.3) is 0 Å². The molecule has 6 nitrogen and oxygen atoms in total. The smallest absolute Gasteiger partial charge is 0.416 e. The number of carbonyl (C=O) groups is 1. The van der Waals surface area contributed by atoms with E-state index in [9.17, 15) is 28.1 Å². The van der Waals surface area contributed by atoms with E-state index in [-0.39, 0.29) is 22.1 Å². The summed E-state index contributed by atoms with van der Waals surface area (Å²) in [5.74, 6) is 0.660. The van der Waals surface area contributed by atoms with E-state index in [2.05, 4.69) is 4.99 Å². The number of carbonyl (C=O) groups excluding carboxylic acids is 1. The summed E-state index contributed by atoms with van der Waals surface area (Å²) in [6.45, 7) is 0. The van der Waals surface area contributed by atoms with Gasteiger partial charge in [-0.05, 0) is 24.3 Å². The maximum absolute atomic E-state index is 12.7. The van der Waals surface area contributed by atoms with E-state index >= 15 is 0 Å². The summed E-state index contributed by atoms with van der Waals surface area (Å²) in [6, 6.07) is 5.92. The Hall–Kier alpha value is -2.24. The molecule has 29 heavy (non-hydrogen) atoms. The van der Waals surface area contributed by atoms with Gasteiger partial charge < -0.3 is 4.74 Å². The topological polar surface area (TPSA) is 81.8 Å². The summed E-state index contributed by atoms with van der Waals surface area (Å²) in [6.07, 6.45) is -4.56. The van der Waals surface area contributed by atoms with Crippen molar-refractivity contribution in [1.29, 1.82) is 0 Å². The van der Waals surface area contributed by atoms with Gasteiger partial charge in [0.25, 0.3) is 11.6 Å². The molecule has 0 bridgehead atoms. The molecule has 0 N–H and O–H groups in total. The number of benzene rings is 2. The van der Waals surface area contributed by atoms with E-state index in [0.29, 0.717) is 10.4 Å². The number of nitrogens with zero attached hydrogens (tertiary/aromatic N) is 2. The van der Waals surface area contributed by atoms with Crippen LogP contribution in [0.4, 0.5) is 18.9 Å². The minimum absolute atomic E-state index is 0.00691. The van der Waals surface area contributed by atoms with Gasteiger partial charge in [-0.25, -0.2) is 0 Å². The number of halogens is 4. The third-order valence-corrected chi connectivity index (χ3v) is 6.36. The maximum atomic E-state index is 12.7. The molecule has 1 saturated heterocycles. The van der Waals surface area contributed by atoms with Gasteiger partial charge in [0.2, 0.25) is 0 Å². The van der Waals surface area contributed by atoms with Crippen LogP contribution in [0.15, 0.2) is 41.4 Å². The standard InChI is InChI=1S/C17H10ClF3N2O4S2/c18-12-7-9(17(19,20)21)1-4-14(12)27-10-2-3-13(23(25)26)11(8-10)15(24)22-16-28-5-6-29-16/h1-4,7-8H,5-6H2. The molecule has 0 aliphatic carbocycles. The van der Waals surface area contributed by atoms with Crippen LogP contribution in [0.1, 0.15) is 15.9 Å². The largest absolute Gasteiger partial charge is 0.456 e. The first-order valence-electron chi connectivity index (χ1n) is 7.87. The fraction of sp³-hybridized carbons (Fsp3) is 0.176. The molecule has 1 amide bonds. The van der Waals surface area contributed by atoms with E-state index < -0.39 is 28.3 Å². The monoisotopic (exact) mass is 462 g/mol. The highest BCUT2D eigenvalue weighted by Gasteiger charge is 2.31. The van der Waals surface area contributed by atoms with E-state index in [1.54, 1.807) is 0 Å². The summed E-state index contributed by atoms with van der Waals surface area (Å²) < 4.78 is 44.2. The van der Waals surface area contributed by atoms with Gasteiger partial charge in [0.05, 0.1) is 15.5 Å². The molecule has 0 unspecified atom stereocenters. The average Bonchev–Trinajstić information content (AvgIpc) is 3.15. The quantitative estimate of drug-likeness (QED) is 0.407. The maximum Gasteiger partial charge on any atom is 0.416 e. The molecule has 2 aromatic rings. The van der Waals surface area contributed by atoms with Gasteiger partial charge in [-0.3, -0.25) is 14.9 Å². The lowest BCUT2D eigenvalue weighted by Gasteiger charge is -2.11. The Morgan fingerprint density at radius 3 is 2.45 bits per heavy atom. The predicted molar refractivity (Wildman–Crippen MR) is 106 cm³/mol. The minimum Gasteiger partial charge on any atom is -0.456 e. The normalized spacial score (nSPS) is 14.0. The Balaban J connectivity index is 1.92. The number of hydrogen-bond acceptors (Lipinski definition) is 6. The lowest BCUT2D eigenvalue weighted by atomic mass is 10.1. The molecule has 12 heteroatoms. The number of ether oxygens (including phenoxy) is 1. The molecule has 0 radical (unpaired) electrons. The second kappa shape index (κ2) is 8.64. The van der Waals surface area contributed by atoms with Crippen molar-refractivity contribution in [1.82, 2.24) is 0 Å². The summed E-state index contributed by atoms with van der Waals surface area (Å²) in [5.41, 5.74) is -1.70. The first-order chi connectivity index (χ1) is 13.6. The van der Waals surface area contributed by atoms with Crippen molar-refractivity contribution in [3.8, 4) is 11.5 Å². The number of thioether (sulfide) groups is 2. The molecule has 1 heterocycles. The second-order valence-corrected chi connectivity index (χ2v) is 8.39. The number of rotatable bonds is 4. The highest BCUT2D eigenvalue weighted by Crippen LogP contribution is 2.37. The molecule has 1 aliphatic heterocycles. The van der Waals surface area contributed by atoms with Crippen LogP contribution in [0.2, 0.25) is 5.02 Å². The number of aliphatic imine (C=N–C) groups is 1. The fourth-order valence-electron chi connectivity index (χ4n) is 2.30. The van der Waals surface area contributed by atoms with Crippen molar-refractivity contribution < 1.29 is 27.6 Å². The predicted octanol–water partition coefficient (Wildman–Crippen LogP) is 6.04. The van der Waals surface area contributed by atoms with Crippen LogP contribution >= 0.6 is 35.1 Å². The first kappa shape index (κ1) is 21.5. The number of nitro benzene ring substituents is 1. The molecule has 1 aliphatic rings. The highest BCUT2D eigenvalue weighted by atomic mass is 35.5. The van der Waals surface area contributed by atoms with Crippen LogP contribution < -0.4 is 4.74 Å². The number of amides is 1. The molecule has 0 atom stereocenters. The van der Waals surface area contributed by atoms with E-state index in [4.69, 9.17) is 16.3 Å². The first-order valence-corrected chi connectivity index (χ1v) is 10.2. The van der Waals surface area contributed by atoms with Crippen molar-refractivity contribution in [2.45, 2.75) is 6.18 Å². The molecule has 2 aromatic carbocycles. The van der Waals surface area contributed by atoms with Gasteiger partial charge in [0, 0.05) is 23.6 Å². The third-order valence-electron chi connectivity index (χ3n) is 3.61. The zero-order valence-corrected chi connectivity index (χ0v) is 16.6. The van der Waals surface area contributed by atoms with Gasteiger partial charge >= 0.3 is 6.18 Å².